The van der Waals surface area contributed by atoms with E-state index in [1.54, 1.807) is 0 Å². The zero-order chi connectivity index (χ0) is 9.52. The van der Waals surface area contributed by atoms with Gasteiger partial charge in [-0.1, -0.05) is 30.3 Å². The third-order valence-electron chi connectivity index (χ3n) is 1.94. The lowest BCUT2D eigenvalue weighted by Gasteiger charge is -2.08. The standard InChI is InChI=1S/C10H15NO2/c12-10(8-11-13)7-6-9-4-2-1-3-5-9/h1-5,10-13H,6-8H2. The molecule has 0 saturated carbocycles. The maximum absolute atomic E-state index is 9.29. The molecule has 0 saturated heterocycles. The molecule has 1 aromatic rings. The minimum absolute atomic E-state index is 0.229. The number of hydrogen-bond acceptors (Lipinski definition) is 3. The Kier molecular flexibility index (Phi) is 4.46. The summed E-state index contributed by atoms with van der Waals surface area (Å²) in [5, 5.41) is 17.6. The summed E-state index contributed by atoms with van der Waals surface area (Å²) in [6.45, 7) is 0.229. The molecule has 3 N–H and O–H groups in total. The van der Waals surface area contributed by atoms with E-state index in [2.05, 4.69) is 0 Å². The normalized spacial score (nSPS) is 12.8. The SMILES string of the molecule is ONCC(O)CCc1ccccc1. The second kappa shape index (κ2) is 5.70. The average molecular weight is 181 g/mol. The number of hydroxylamine groups is 1. The third kappa shape index (κ3) is 4.03. The van der Waals surface area contributed by atoms with Crippen molar-refractivity contribution in [3.8, 4) is 0 Å². The van der Waals surface area contributed by atoms with Crippen LogP contribution in [0.4, 0.5) is 0 Å². The largest absolute Gasteiger partial charge is 0.392 e. The maximum atomic E-state index is 9.29. The molecule has 3 nitrogen and oxygen atoms in total. The molecular weight excluding hydrogens is 166 g/mol. The minimum atomic E-state index is -0.481. The molecule has 0 aliphatic carbocycles. The summed E-state index contributed by atoms with van der Waals surface area (Å²) >= 11 is 0. The molecule has 0 spiro atoms. The van der Waals surface area contributed by atoms with Gasteiger partial charge in [0.1, 0.15) is 0 Å². The Morgan fingerprint density at radius 3 is 2.54 bits per heavy atom. The van der Waals surface area contributed by atoms with Gasteiger partial charge in [-0.15, -0.1) is 0 Å². The van der Waals surface area contributed by atoms with Crippen molar-refractivity contribution in [1.82, 2.24) is 5.48 Å². The van der Waals surface area contributed by atoms with Gasteiger partial charge in [-0.3, -0.25) is 0 Å². The zero-order valence-electron chi connectivity index (χ0n) is 7.48. The Morgan fingerprint density at radius 2 is 1.92 bits per heavy atom. The first-order chi connectivity index (χ1) is 6.33. The number of aliphatic hydroxyl groups is 1. The summed E-state index contributed by atoms with van der Waals surface area (Å²) in [4.78, 5) is 0. The fraction of sp³-hybridized carbons (Fsp3) is 0.400. The fourth-order valence-corrected chi connectivity index (χ4v) is 1.19. The van der Waals surface area contributed by atoms with Crippen molar-refractivity contribution in [2.45, 2.75) is 18.9 Å². The predicted molar refractivity (Wildman–Crippen MR) is 50.6 cm³/mol. The summed E-state index contributed by atoms with van der Waals surface area (Å²) in [5.41, 5.74) is 3.16. The summed E-state index contributed by atoms with van der Waals surface area (Å²) in [7, 11) is 0. The molecule has 0 bridgehead atoms. The molecule has 0 aliphatic rings. The molecule has 72 valence electrons. The number of benzene rings is 1. The highest BCUT2D eigenvalue weighted by Crippen LogP contribution is 2.04. The highest BCUT2D eigenvalue weighted by atomic mass is 16.5. The third-order valence-corrected chi connectivity index (χ3v) is 1.94. The molecule has 0 radical (unpaired) electrons. The highest BCUT2D eigenvalue weighted by molar-refractivity contribution is 5.14. The van der Waals surface area contributed by atoms with Gasteiger partial charge >= 0.3 is 0 Å². The van der Waals surface area contributed by atoms with Crippen LogP contribution in [0.5, 0.6) is 0 Å². The number of nitrogens with one attached hydrogen (secondary N) is 1. The van der Waals surface area contributed by atoms with E-state index >= 15 is 0 Å². The Morgan fingerprint density at radius 1 is 1.23 bits per heavy atom. The molecule has 1 rings (SSSR count). The van der Waals surface area contributed by atoms with E-state index < -0.39 is 6.10 Å². The molecule has 3 heteroatoms. The first-order valence-electron chi connectivity index (χ1n) is 4.42. The lowest BCUT2D eigenvalue weighted by molar-refractivity contribution is 0.0874. The van der Waals surface area contributed by atoms with Crippen LogP contribution in [-0.2, 0) is 6.42 Å². The second-order valence-electron chi connectivity index (χ2n) is 3.04. The fourth-order valence-electron chi connectivity index (χ4n) is 1.19. The predicted octanol–water partition coefficient (Wildman–Crippen LogP) is 0.959. The van der Waals surface area contributed by atoms with E-state index in [0.29, 0.717) is 6.42 Å². The topological polar surface area (TPSA) is 52.5 Å². The van der Waals surface area contributed by atoms with Crippen LogP contribution >= 0.6 is 0 Å². The van der Waals surface area contributed by atoms with E-state index in [-0.39, 0.29) is 6.54 Å². The van der Waals surface area contributed by atoms with Crippen LogP contribution in [0.25, 0.3) is 0 Å². The number of aliphatic hydroxyl groups excluding tert-OH is 1. The molecule has 13 heavy (non-hydrogen) atoms. The van der Waals surface area contributed by atoms with Crippen LogP contribution in [0.2, 0.25) is 0 Å². The van der Waals surface area contributed by atoms with Gasteiger partial charge in [0, 0.05) is 6.54 Å². The number of rotatable bonds is 5. The molecule has 0 aliphatic heterocycles. The van der Waals surface area contributed by atoms with Crippen LogP contribution in [0, 0.1) is 0 Å². The monoisotopic (exact) mass is 181 g/mol. The van der Waals surface area contributed by atoms with Crippen molar-refractivity contribution >= 4 is 0 Å². The van der Waals surface area contributed by atoms with Gasteiger partial charge in [0.15, 0.2) is 0 Å². The maximum Gasteiger partial charge on any atom is 0.0690 e. The van der Waals surface area contributed by atoms with Crippen LogP contribution in [0.3, 0.4) is 0 Å². The van der Waals surface area contributed by atoms with Crippen molar-refractivity contribution in [2.24, 2.45) is 0 Å². The number of hydrogen-bond donors (Lipinski definition) is 3. The van der Waals surface area contributed by atoms with Gasteiger partial charge in [-0.05, 0) is 18.4 Å². The second-order valence-corrected chi connectivity index (χ2v) is 3.04. The first kappa shape index (κ1) is 10.2. The van der Waals surface area contributed by atoms with E-state index in [4.69, 9.17) is 5.21 Å². The highest BCUT2D eigenvalue weighted by Gasteiger charge is 2.02. The van der Waals surface area contributed by atoms with E-state index in [1.807, 2.05) is 35.8 Å². The Hall–Kier alpha value is -0.900. The van der Waals surface area contributed by atoms with E-state index in [0.717, 1.165) is 6.42 Å². The lowest BCUT2D eigenvalue weighted by Crippen LogP contribution is -2.24. The summed E-state index contributed by atoms with van der Waals surface area (Å²) in [6.07, 6.45) is 1.02. The number of aryl methyl sites for hydroxylation is 1. The Labute approximate surface area is 78.0 Å². The van der Waals surface area contributed by atoms with Crippen molar-refractivity contribution in [2.75, 3.05) is 6.54 Å². The Bertz CT molecular complexity index is 226. The molecule has 1 atom stereocenters. The Balaban J connectivity index is 2.27. The molecule has 0 fully saturated rings. The van der Waals surface area contributed by atoms with Gasteiger partial charge in [0.2, 0.25) is 0 Å². The van der Waals surface area contributed by atoms with Crippen LogP contribution < -0.4 is 5.48 Å². The lowest BCUT2D eigenvalue weighted by atomic mass is 10.1. The van der Waals surface area contributed by atoms with Gasteiger partial charge in [0.25, 0.3) is 0 Å². The van der Waals surface area contributed by atoms with Crippen molar-refractivity contribution in [3.63, 3.8) is 0 Å². The zero-order valence-corrected chi connectivity index (χ0v) is 7.48. The van der Waals surface area contributed by atoms with Gasteiger partial charge < -0.3 is 10.3 Å². The van der Waals surface area contributed by atoms with Crippen LogP contribution in [0.1, 0.15) is 12.0 Å². The molecular formula is C10H15NO2. The smallest absolute Gasteiger partial charge is 0.0690 e. The van der Waals surface area contributed by atoms with Crippen molar-refractivity contribution < 1.29 is 10.3 Å². The molecule has 0 aromatic heterocycles. The van der Waals surface area contributed by atoms with Gasteiger partial charge in [-0.25, -0.2) is 5.48 Å². The molecule has 1 unspecified atom stereocenters. The summed E-state index contributed by atoms with van der Waals surface area (Å²) < 4.78 is 0. The van der Waals surface area contributed by atoms with E-state index in [1.165, 1.54) is 5.56 Å². The summed E-state index contributed by atoms with van der Waals surface area (Å²) in [5.74, 6) is 0. The quantitative estimate of drug-likeness (QED) is 0.593. The first-order valence-corrected chi connectivity index (χ1v) is 4.42. The molecule has 1 aromatic carbocycles. The van der Waals surface area contributed by atoms with Crippen LogP contribution in [0.15, 0.2) is 30.3 Å². The van der Waals surface area contributed by atoms with Crippen LogP contribution in [-0.4, -0.2) is 23.0 Å². The summed E-state index contributed by atoms with van der Waals surface area (Å²) in [6, 6.07) is 9.98. The average Bonchev–Trinajstić information content (AvgIpc) is 2.17. The van der Waals surface area contributed by atoms with Crippen molar-refractivity contribution in [3.05, 3.63) is 35.9 Å². The van der Waals surface area contributed by atoms with E-state index in [9.17, 15) is 5.11 Å². The molecule has 0 heterocycles. The van der Waals surface area contributed by atoms with Crippen molar-refractivity contribution in [1.29, 1.82) is 0 Å². The van der Waals surface area contributed by atoms with Gasteiger partial charge in [-0.2, -0.15) is 0 Å². The molecule has 0 amide bonds. The van der Waals surface area contributed by atoms with Gasteiger partial charge in [0.05, 0.1) is 6.10 Å². The minimum Gasteiger partial charge on any atom is -0.392 e.